The first-order valence-corrected chi connectivity index (χ1v) is 3.88. The van der Waals surface area contributed by atoms with Crippen molar-refractivity contribution in [2.75, 3.05) is 6.61 Å². The average Bonchev–Trinajstić information content (AvgIpc) is 2.30. The van der Waals surface area contributed by atoms with Gasteiger partial charge in [0, 0.05) is 6.42 Å². The first-order chi connectivity index (χ1) is 5.93. The molecule has 1 aliphatic carbocycles. The first kappa shape index (κ1) is 10.0. The van der Waals surface area contributed by atoms with Gasteiger partial charge < -0.3 is 20.4 Å². The van der Waals surface area contributed by atoms with Gasteiger partial charge in [-0.15, -0.1) is 0 Å². The van der Waals surface area contributed by atoms with Crippen LogP contribution in [0.5, 0.6) is 0 Å². The van der Waals surface area contributed by atoms with Crippen LogP contribution >= 0.6 is 0 Å². The quantitative estimate of drug-likeness (QED) is 0.474. The summed E-state index contributed by atoms with van der Waals surface area (Å²) < 4.78 is 0. The monoisotopic (exact) mass is 188 g/mol. The SMILES string of the molecule is C[C@]1(C(O)CO)CC(=O)C(O)=C1O. The smallest absolute Gasteiger partial charge is 0.201 e. The van der Waals surface area contributed by atoms with Gasteiger partial charge in [0.05, 0.1) is 18.1 Å². The van der Waals surface area contributed by atoms with Gasteiger partial charge in [-0.2, -0.15) is 0 Å². The molecular weight excluding hydrogens is 176 g/mol. The molecule has 0 fully saturated rings. The van der Waals surface area contributed by atoms with Crippen molar-refractivity contribution in [1.29, 1.82) is 0 Å². The molecule has 0 radical (unpaired) electrons. The number of carbonyl (C=O) groups is 1. The highest BCUT2D eigenvalue weighted by Crippen LogP contribution is 2.40. The molecule has 4 N–H and O–H groups in total. The number of ketones is 1. The zero-order valence-electron chi connectivity index (χ0n) is 7.19. The summed E-state index contributed by atoms with van der Waals surface area (Å²) in [6, 6.07) is 0. The van der Waals surface area contributed by atoms with Gasteiger partial charge in [-0.3, -0.25) is 4.79 Å². The second kappa shape index (κ2) is 3.01. The number of allylic oxidation sites excluding steroid dienone is 1. The summed E-state index contributed by atoms with van der Waals surface area (Å²) in [5.74, 6) is -1.87. The van der Waals surface area contributed by atoms with E-state index in [2.05, 4.69) is 0 Å². The maximum absolute atomic E-state index is 11.0. The lowest BCUT2D eigenvalue weighted by Crippen LogP contribution is -2.35. The highest BCUT2D eigenvalue weighted by atomic mass is 16.3. The molecule has 74 valence electrons. The second-order valence-corrected chi connectivity index (χ2v) is 3.41. The van der Waals surface area contributed by atoms with E-state index >= 15 is 0 Å². The maximum atomic E-state index is 11.0. The Hall–Kier alpha value is -1.07. The number of aliphatic hydroxyl groups excluding tert-OH is 4. The summed E-state index contributed by atoms with van der Waals surface area (Å²) in [5.41, 5.74) is -1.25. The van der Waals surface area contributed by atoms with E-state index in [0.717, 1.165) is 0 Å². The normalized spacial score (nSPS) is 31.2. The predicted molar refractivity (Wildman–Crippen MR) is 43.1 cm³/mol. The summed E-state index contributed by atoms with van der Waals surface area (Å²) in [5, 5.41) is 36.3. The Morgan fingerprint density at radius 2 is 2.08 bits per heavy atom. The van der Waals surface area contributed by atoms with Crippen molar-refractivity contribution in [3.8, 4) is 0 Å². The molecule has 5 nitrogen and oxygen atoms in total. The number of hydrogen-bond donors (Lipinski definition) is 4. The molecule has 0 amide bonds. The molecular formula is C8H12O5. The minimum absolute atomic E-state index is 0.188. The van der Waals surface area contributed by atoms with E-state index < -0.39 is 35.4 Å². The molecule has 1 unspecified atom stereocenters. The van der Waals surface area contributed by atoms with Crippen molar-refractivity contribution in [2.45, 2.75) is 19.4 Å². The molecule has 0 saturated carbocycles. The molecule has 1 aliphatic rings. The van der Waals surface area contributed by atoms with Crippen molar-refractivity contribution < 1.29 is 25.2 Å². The summed E-state index contributed by atoms with van der Waals surface area (Å²) >= 11 is 0. The zero-order chi connectivity index (χ0) is 10.2. The predicted octanol–water partition coefficient (Wildman–Crippen LogP) is -0.354. The minimum Gasteiger partial charge on any atom is -0.508 e. The summed E-state index contributed by atoms with van der Waals surface area (Å²) in [6.07, 6.45) is -1.44. The highest BCUT2D eigenvalue weighted by molar-refractivity contribution is 5.97. The van der Waals surface area contributed by atoms with E-state index in [9.17, 15) is 15.0 Å². The van der Waals surface area contributed by atoms with Crippen LogP contribution in [0.4, 0.5) is 0 Å². The van der Waals surface area contributed by atoms with E-state index in [1.807, 2.05) is 0 Å². The van der Waals surface area contributed by atoms with Crippen molar-refractivity contribution in [3.63, 3.8) is 0 Å². The topological polar surface area (TPSA) is 98.0 Å². The standard InChI is InChI=1S/C8H12O5/c1-8(5(11)3-9)2-4(10)6(12)7(8)13/h5,9,11-13H,2-3H2,1H3/t5?,8-/m1/s1. The van der Waals surface area contributed by atoms with E-state index in [0.29, 0.717) is 0 Å². The molecule has 0 aromatic rings. The number of hydrogen-bond acceptors (Lipinski definition) is 5. The molecule has 0 aromatic carbocycles. The number of aliphatic hydroxyl groups is 4. The van der Waals surface area contributed by atoms with Gasteiger partial charge in [-0.25, -0.2) is 0 Å². The fraction of sp³-hybridized carbons (Fsp3) is 0.625. The van der Waals surface area contributed by atoms with Crippen molar-refractivity contribution >= 4 is 5.78 Å². The molecule has 2 atom stereocenters. The molecule has 0 spiro atoms. The Kier molecular flexibility index (Phi) is 2.32. The molecule has 13 heavy (non-hydrogen) atoms. The highest BCUT2D eigenvalue weighted by Gasteiger charge is 2.47. The van der Waals surface area contributed by atoms with Crippen LogP contribution in [0.15, 0.2) is 11.5 Å². The second-order valence-electron chi connectivity index (χ2n) is 3.41. The minimum atomic E-state index is -1.25. The van der Waals surface area contributed by atoms with Gasteiger partial charge >= 0.3 is 0 Å². The van der Waals surface area contributed by atoms with Crippen LogP contribution in [0.3, 0.4) is 0 Å². The first-order valence-electron chi connectivity index (χ1n) is 3.88. The van der Waals surface area contributed by atoms with Crippen molar-refractivity contribution in [3.05, 3.63) is 11.5 Å². The third-order valence-electron chi connectivity index (χ3n) is 2.47. The summed E-state index contributed by atoms with van der Waals surface area (Å²) in [6.45, 7) is 0.839. The Labute approximate surface area is 74.9 Å². The third-order valence-corrected chi connectivity index (χ3v) is 2.47. The van der Waals surface area contributed by atoms with E-state index in [-0.39, 0.29) is 6.42 Å². The third kappa shape index (κ3) is 1.30. The van der Waals surface area contributed by atoms with Crippen molar-refractivity contribution in [2.24, 2.45) is 5.41 Å². The summed E-state index contributed by atoms with van der Waals surface area (Å²) in [7, 11) is 0. The van der Waals surface area contributed by atoms with Gasteiger partial charge in [0.25, 0.3) is 0 Å². The van der Waals surface area contributed by atoms with Crippen LogP contribution in [0.25, 0.3) is 0 Å². The summed E-state index contributed by atoms with van der Waals surface area (Å²) in [4.78, 5) is 11.0. The molecule has 0 bridgehead atoms. The van der Waals surface area contributed by atoms with Crippen LogP contribution in [0.2, 0.25) is 0 Å². The van der Waals surface area contributed by atoms with Gasteiger partial charge in [-0.05, 0) is 6.92 Å². The Morgan fingerprint density at radius 1 is 1.54 bits per heavy atom. The molecule has 0 aliphatic heterocycles. The van der Waals surface area contributed by atoms with Crippen molar-refractivity contribution in [1.82, 2.24) is 0 Å². The fourth-order valence-corrected chi connectivity index (χ4v) is 1.38. The van der Waals surface area contributed by atoms with Crippen LogP contribution < -0.4 is 0 Å². The van der Waals surface area contributed by atoms with E-state index in [1.54, 1.807) is 0 Å². The Balaban J connectivity index is 3.03. The fourth-order valence-electron chi connectivity index (χ4n) is 1.38. The van der Waals surface area contributed by atoms with Crippen LogP contribution in [-0.4, -0.2) is 38.9 Å². The van der Waals surface area contributed by atoms with Crippen LogP contribution in [-0.2, 0) is 4.79 Å². The van der Waals surface area contributed by atoms with Gasteiger partial charge in [0.15, 0.2) is 5.76 Å². The molecule has 0 saturated heterocycles. The Bertz CT molecular complexity index is 270. The molecule has 1 rings (SSSR count). The Morgan fingerprint density at radius 3 is 2.38 bits per heavy atom. The number of carbonyl (C=O) groups excluding carboxylic acids is 1. The number of rotatable bonds is 2. The average molecular weight is 188 g/mol. The maximum Gasteiger partial charge on any atom is 0.201 e. The number of Topliss-reactive ketones (excluding diaryl/α,β-unsaturated/α-hetero) is 1. The molecule has 5 heteroatoms. The lowest BCUT2D eigenvalue weighted by atomic mass is 9.82. The zero-order valence-corrected chi connectivity index (χ0v) is 7.19. The van der Waals surface area contributed by atoms with E-state index in [4.69, 9.17) is 10.2 Å². The van der Waals surface area contributed by atoms with Gasteiger partial charge in [-0.1, -0.05) is 0 Å². The lowest BCUT2D eigenvalue weighted by Gasteiger charge is -2.27. The van der Waals surface area contributed by atoms with Crippen LogP contribution in [0, 0.1) is 5.41 Å². The van der Waals surface area contributed by atoms with E-state index in [1.165, 1.54) is 6.92 Å². The van der Waals surface area contributed by atoms with Gasteiger partial charge in [0.1, 0.15) is 5.76 Å². The van der Waals surface area contributed by atoms with Gasteiger partial charge in [0.2, 0.25) is 5.78 Å². The largest absolute Gasteiger partial charge is 0.508 e. The van der Waals surface area contributed by atoms with Crippen LogP contribution in [0.1, 0.15) is 13.3 Å². The molecule has 0 aromatic heterocycles. The lowest BCUT2D eigenvalue weighted by molar-refractivity contribution is -0.119. The molecule has 0 heterocycles.